The van der Waals surface area contributed by atoms with Crippen LogP contribution in [0.3, 0.4) is 0 Å². The molecule has 76 valence electrons. The van der Waals surface area contributed by atoms with Gasteiger partial charge in [-0.15, -0.1) is 0 Å². The van der Waals surface area contributed by atoms with Gasteiger partial charge >= 0.3 is 5.97 Å². The Morgan fingerprint density at radius 1 is 1.64 bits per heavy atom. The lowest BCUT2D eigenvalue weighted by Gasteiger charge is -2.09. The molecular formula is C9H9ClINO2. The van der Waals surface area contributed by atoms with Crippen LogP contribution in [-0.2, 0) is 0 Å². The van der Waals surface area contributed by atoms with E-state index >= 15 is 0 Å². The number of halogens is 2. The van der Waals surface area contributed by atoms with Gasteiger partial charge in [-0.2, -0.15) is 0 Å². The van der Waals surface area contributed by atoms with Crippen molar-refractivity contribution in [3.05, 3.63) is 28.8 Å². The molecule has 0 heterocycles. The molecule has 1 aromatic rings. The van der Waals surface area contributed by atoms with Crippen molar-refractivity contribution in [2.45, 2.75) is 11.0 Å². The van der Waals surface area contributed by atoms with E-state index in [1.165, 1.54) is 6.07 Å². The van der Waals surface area contributed by atoms with Crippen LogP contribution in [0.5, 0.6) is 0 Å². The van der Waals surface area contributed by atoms with Gasteiger partial charge in [-0.3, -0.25) is 0 Å². The summed E-state index contributed by atoms with van der Waals surface area (Å²) in [6.07, 6.45) is 0. The molecule has 0 aliphatic rings. The number of nitrogens with one attached hydrogen (secondary N) is 1. The molecule has 0 saturated carbocycles. The average molecular weight is 326 g/mol. The van der Waals surface area contributed by atoms with Crippen molar-refractivity contribution in [1.82, 2.24) is 0 Å². The molecule has 2 N–H and O–H groups in total. The first-order chi connectivity index (χ1) is 6.50. The minimum atomic E-state index is -1.01. The molecule has 0 saturated heterocycles. The van der Waals surface area contributed by atoms with Gasteiger partial charge in [0, 0.05) is 5.69 Å². The van der Waals surface area contributed by atoms with E-state index in [-0.39, 0.29) is 14.6 Å². The zero-order valence-corrected chi connectivity index (χ0v) is 10.3. The molecule has 0 radical (unpaired) electrons. The Morgan fingerprint density at radius 3 is 2.79 bits per heavy atom. The summed E-state index contributed by atoms with van der Waals surface area (Å²) in [5.74, 6) is -1.01. The van der Waals surface area contributed by atoms with Crippen molar-refractivity contribution < 1.29 is 9.90 Å². The third-order valence-corrected chi connectivity index (χ3v) is 2.20. The van der Waals surface area contributed by atoms with Crippen LogP contribution >= 0.6 is 34.2 Å². The number of carboxylic acid groups (broad SMARTS) is 1. The SMILES string of the molecule is C[C@@H](I)Nc1ccc(Cl)c(C(=O)O)c1. The monoisotopic (exact) mass is 325 g/mol. The highest BCUT2D eigenvalue weighted by Gasteiger charge is 2.09. The first-order valence-electron chi connectivity index (χ1n) is 3.94. The van der Waals surface area contributed by atoms with E-state index in [1.54, 1.807) is 12.1 Å². The maximum Gasteiger partial charge on any atom is 0.337 e. The van der Waals surface area contributed by atoms with Crippen molar-refractivity contribution in [2.24, 2.45) is 0 Å². The van der Waals surface area contributed by atoms with Gasteiger partial charge in [0.05, 0.1) is 14.6 Å². The minimum absolute atomic E-state index is 0.119. The van der Waals surface area contributed by atoms with E-state index in [4.69, 9.17) is 16.7 Å². The molecule has 1 atom stereocenters. The second-order valence-corrected chi connectivity index (χ2v) is 5.04. The van der Waals surface area contributed by atoms with Gasteiger partial charge in [-0.1, -0.05) is 34.2 Å². The molecule has 5 heteroatoms. The zero-order valence-electron chi connectivity index (χ0n) is 7.42. The normalized spacial score (nSPS) is 12.2. The molecule has 0 aliphatic carbocycles. The topological polar surface area (TPSA) is 49.3 Å². The summed E-state index contributed by atoms with van der Waals surface area (Å²) in [7, 11) is 0. The highest BCUT2D eigenvalue weighted by atomic mass is 127. The van der Waals surface area contributed by atoms with Crippen LogP contribution < -0.4 is 5.32 Å². The smallest absolute Gasteiger partial charge is 0.337 e. The maximum atomic E-state index is 10.7. The van der Waals surface area contributed by atoms with Crippen LogP contribution in [0.1, 0.15) is 17.3 Å². The van der Waals surface area contributed by atoms with E-state index in [0.717, 1.165) is 5.69 Å². The number of carbonyl (C=O) groups is 1. The first-order valence-corrected chi connectivity index (χ1v) is 5.56. The summed E-state index contributed by atoms with van der Waals surface area (Å²) in [5.41, 5.74) is 0.877. The highest BCUT2D eigenvalue weighted by Crippen LogP contribution is 2.21. The van der Waals surface area contributed by atoms with E-state index in [2.05, 4.69) is 27.9 Å². The van der Waals surface area contributed by atoms with Gasteiger partial charge in [0.1, 0.15) is 0 Å². The molecule has 14 heavy (non-hydrogen) atoms. The van der Waals surface area contributed by atoms with Crippen LogP contribution in [0.15, 0.2) is 18.2 Å². The Kier molecular flexibility index (Phi) is 4.00. The van der Waals surface area contributed by atoms with Gasteiger partial charge in [-0.25, -0.2) is 4.79 Å². The molecule has 0 spiro atoms. The maximum absolute atomic E-state index is 10.7. The fourth-order valence-corrected chi connectivity index (χ4v) is 1.57. The van der Waals surface area contributed by atoms with Crippen molar-refractivity contribution in [3.63, 3.8) is 0 Å². The lowest BCUT2D eigenvalue weighted by Crippen LogP contribution is -2.07. The number of alkyl halides is 1. The Balaban J connectivity index is 3.00. The van der Waals surface area contributed by atoms with Crippen molar-refractivity contribution in [2.75, 3.05) is 5.32 Å². The van der Waals surface area contributed by atoms with Crippen LogP contribution in [0.2, 0.25) is 5.02 Å². The number of aromatic carboxylic acids is 1. The molecule has 1 aromatic carbocycles. The molecule has 0 unspecified atom stereocenters. The number of hydrogen-bond acceptors (Lipinski definition) is 2. The summed E-state index contributed by atoms with van der Waals surface area (Å²) in [5, 5.41) is 12.2. The standard InChI is InChI=1S/C9H9ClINO2/c1-5(11)12-6-2-3-8(10)7(4-6)9(13)14/h2-5,12H,1H3,(H,13,14)/t5-/m0/s1. The lowest BCUT2D eigenvalue weighted by atomic mass is 10.2. The quantitative estimate of drug-likeness (QED) is 0.509. The third-order valence-electron chi connectivity index (χ3n) is 1.56. The van der Waals surface area contributed by atoms with Gasteiger partial charge in [0.25, 0.3) is 0 Å². The van der Waals surface area contributed by atoms with Gasteiger partial charge in [0.15, 0.2) is 0 Å². The summed E-state index contributed by atoms with van der Waals surface area (Å²) >= 11 is 7.91. The van der Waals surface area contributed by atoms with E-state index < -0.39 is 5.97 Å². The molecule has 0 aromatic heterocycles. The van der Waals surface area contributed by atoms with Gasteiger partial charge in [-0.05, 0) is 25.1 Å². The van der Waals surface area contributed by atoms with Crippen molar-refractivity contribution in [1.29, 1.82) is 0 Å². The molecule has 0 aliphatic heterocycles. The number of anilines is 1. The molecule has 0 fully saturated rings. The average Bonchev–Trinajstić information content (AvgIpc) is 2.07. The van der Waals surface area contributed by atoms with Crippen LogP contribution in [0, 0.1) is 0 Å². The van der Waals surface area contributed by atoms with Crippen molar-refractivity contribution >= 4 is 45.8 Å². The van der Waals surface area contributed by atoms with Crippen molar-refractivity contribution in [3.8, 4) is 0 Å². The number of hydrogen-bond donors (Lipinski definition) is 2. The van der Waals surface area contributed by atoms with E-state index in [9.17, 15) is 4.79 Å². The Hall–Kier alpha value is -0.490. The molecule has 0 amide bonds. The predicted molar refractivity (Wildman–Crippen MR) is 65.5 cm³/mol. The number of carboxylic acids is 1. The molecule has 1 rings (SSSR count). The second kappa shape index (κ2) is 4.84. The fourth-order valence-electron chi connectivity index (χ4n) is 1.01. The van der Waals surface area contributed by atoms with Gasteiger partial charge < -0.3 is 10.4 Å². The predicted octanol–water partition coefficient (Wildman–Crippen LogP) is 3.23. The Labute approximate surface area is 101 Å². The summed E-state index contributed by atoms with van der Waals surface area (Å²) < 4.78 is 0.232. The summed E-state index contributed by atoms with van der Waals surface area (Å²) in [6, 6.07) is 4.86. The van der Waals surface area contributed by atoms with Crippen LogP contribution in [-0.4, -0.2) is 15.1 Å². The molecule has 3 nitrogen and oxygen atoms in total. The number of rotatable bonds is 3. The third kappa shape index (κ3) is 3.02. The Bertz CT molecular complexity index is 355. The van der Waals surface area contributed by atoms with E-state index in [0.29, 0.717) is 0 Å². The first kappa shape index (κ1) is 11.6. The minimum Gasteiger partial charge on any atom is -0.478 e. The Morgan fingerprint density at radius 2 is 2.29 bits per heavy atom. The number of benzene rings is 1. The summed E-state index contributed by atoms with van der Waals surface area (Å²) in [4.78, 5) is 10.7. The van der Waals surface area contributed by atoms with E-state index in [1.807, 2.05) is 6.92 Å². The van der Waals surface area contributed by atoms with Crippen LogP contribution in [0.25, 0.3) is 0 Å². The molecule has 0 bridgehead atoms. The van der Waals surface area contributed by atoms with Gasteiger partial charge in [0.2, 0.25) is 0 Å². The fraction of sp³-hybridized carbons (Fsp3) is 0.222. The lowest BCUT2D eigenvalue weighted by molar-refractivity contribution is 0.0697. The molecular weight excluding hydrogens is 316 g/mol. The van der Waals surface area contributed by atoms with Crippen LogP contribution in [0.4, 0.5) is 5.69 Å². The largest absolute Gasteiger partial charge is 0.478 e. The zero-order chi connectivity index (χ0) is 10.7. The summed E-state index contributed by atoms with van der Waals surface area (Å²) in [6.45, 7) is 1.97. The second-order valence-electron chi connectivity index (χ2n) is 2.76. The highest BCUT2D eigenvalue weighted by molar-refractivity contribution is 14.1.